The predicted molar refractivity (Wildman–Crippen MR) is 55.7 cm³/mol. The first-order chi connectivity index (χ1) is 7.00. The second-order valence-electron chi connectivity index (χ2n) is 3.01. The molecule has 0 saturated carbocycles. The fourth-order valence-corrected chi connectivity index (χ4v) is 1.77. The third kappa shape index (κ3) is 2.70. The summed E-state index contributed by atoms with van der Waals surface area (Å²) in [5.41, 5.74) is 5.84. The number of nitrogen functional groups attached to an aromatic ring is 1. The van der Waals surface area contributed by atoms with Gasteiger partial charge < -0.3 is 5.73 Å². The highest BCUT2D eigenvalue weighted by Crippen LogP contribution is 2.09. The zero-order valence-electron chi connectivity index (χ0n) is 8.34. The molecule has 0 aliphatic heterocycles. The summed E-state index contributed by atoms with van der Waals surface area (Å²) in [7, 11) is -3.03. The van der Waals surface area contributed by atoms with E-state index < -0.39 is 9.84 Å². The molecule has 2 N–H and O–H groups in total. The van der Waals surface area contributed by atoms with Gasteiger partial charge in [-0.15, -0.1) is 0 Å². The Morgan fingerprint density at radius 2 is 2.33 bits per heavy atom. The van der Waals surface area contributed by atoms with Crippen LogP contribution in [0.15, 0.2) is 6.20 Å². The lowest BCUT2D eigenvalue weighted by atomic mass is 10.4. The van der Waals surface area contributed by atoms with E-state index >= 15 is 0 Å². The van der Waals surface area contributed by atoms with Crippen LogP contribution < -0.4 is 5.73 Å². The number of aromatic nitrogens is 2. The van der Waals surface area contributed by atoms with Gasteiger partial charge in [0, 0.05) is 5.75 Å². The molecule has 0 radical (unpaired) electrons. The van der Waals surface area contributed by atoms with E-state index in [1.54, 1.807) is 6.92 Å². The fraction of sp³-hybridized carbons (Fsp3) is 0.500. The van der Waals surface area contributed by atoms with Gasteiger partial charge in [0.2, 0.25) is 0 Å². The summed E-state index contributed by atoms with van der Waals surface area (Å²) in [6.45, 7) is 1.77. The Morgan fingerprint density at radius 1 is 1.67 bits per heavy atom. The third-order valence-electron chi connectivity index (χ3n) is 2.05. The van der Waals surface area contributed by atoms with E-state index in [0.717, 1.165) is 0 Å². The Balaban J connectivity index is 2.76. The van der Waals surface area contributed by atoms with Crippen LogP contribution in [0.25, 0.3) is 0 Å². The molecular formula is C8H12N4O2S. The minimum absolute atomic E-state index is 0.0136. The standard InChI is InChI=1S/C8H12N4O2S/c1-2-15(13,14)4-3-12-8(10)7(5-9)6-11-12/h6H,2-4,10H2,1H3. The molecule has 6 nitrogen and oxygen atoms in total. The maximum Gasteiger partial charge on any atom is 0.151 e. The van der Waals surface area contributed by atoms with Crippen LogP contribution in [0.2, 0.25) is 0 Å². The lowest BCUT2D eigenvalue weighted by Crippen LogP contribution is -2.16. The molecule has 1 heterocycles. The van der Waals surface area contributed by atoms with Crippen molar-refractivity contribution in [3.63, 3.8) is 0 Å². The Hall–Kier alpha value is -1.55. The van der Waals surface area contributed by atoms with Crippen molar-refractivity contribution in [2.75, 3.05) is 17.2 Å². The molecular weight excluding hydrogens is 216 g/mol. The number of anilines is 1. The van der Waals surface area contributed by atoms with E-state index in [9.17, 15) is 8.42 Å². The number of nitrogens with zero attached hydrogens (tertiary/aromatic N) is 3. The lowest BCUT2D eigenvalue weighted by Gasteiger charge is -2.03. The second-order valence-corrected chi connectivity index (χ2v) is 5.49. The molecule has 0 amide bonds. The zero-order valence-corrected chi connectivity index (χ0v) is 9.16. The van der Waals surface area contributed by atoms with E-state index in [4.69, 9.17) is 11.0 Å². The van der Waals surface area contributed by atoms with Crippen molar-refractivity contribution >= 4 is 15.7 Å². The average Bonchev–Trinajstić information content (AvgIpc) is 2.57. The predicted octanol–water partition coefficient (Wildman–Crippen LogP) is -0.228. The molecule has 15 heavy (non-hydrogen) atoms. The molecule has 0 aliphatic carbocycles. The van der Waals surface area contributed by atoms with Crippen molar-refractivity contribution in [3.8, 4) is 6.07 Å². The normalized spacial score (nSPS) is 11.2. The number of hydrogen-bond acceptors (Lipinski definition) is 5. The van der Waals surface area contributed by atoms with Gasteiger partial charge >= 0.3 is 0 Å². The Kier molecular flexibility index (Phi) is 3.31. The summed E-state index contributed by atoms with van der Waals surface area (Å²) in [5, 5.41) is 12.4. The highest BCUT2D eigenvalue weighted by atomic mass is 32.2. The smallest absolute Gasteiger partial charge is 0.151 e. The molecule has 1 aromatic heterocycles. The summed E-state index contributed by atoms with van der Waals surface area (Å²) >= 11 is 0. The zero-order chi connectivity index (χ0) is 11.5. The molecule has 0 atom stereocenters. The van der Waals surface area contributed by atoms with Gasteiger partial charge in [-0.3, -0.25) is 0 Å². The van der Waals surface area contributed by atoms with Crippen LogP contribution in [0.4, 0.5) is 5.82 Å². The van der Waals surface area contributed by atoms with Crippen LogP contribution in [-0.2, 0) is 16.4 Å². The van der Waals surface area contributed by atoms with Crippen molar-refractivity contribution in [2.24, 2.45) is 0 Å². The van der Waals surface area contributed by atoms with Crippen LogP contribution in [0.1, 0.15) is 12.5 Å². The molecule has 1 rings (SSSR count). The van der Waals surface area contributed by atoms with Gasteiger partial charge in [0.1, 0.15) is 17.5 Å². The van der Waals surface area contributed by atoms with Gasteiger partial charge in [0.15, 0.2) is 9.84 Å². The molecule has 0 bridgehead atoms. The summed E-state index contributed by atoms with van der Waals surface area (Å²) in [6.07, 6.45) is 1.33. The van der Waals surface area contributed by atoms with Gasteiger partial charge in [-0.25, -0.2) is 13.1 Å². The van der Waals surface area contributed by atoms with Crippen LogP contribution in [0, 0.1) is 11.3 Å². The molecule has 82 valence electrons. The molecule has 0 spiro atoms. The van der Waals surface area contributed by atoms with E-state index in [2.05, 4.69) is 5.10 Å². The SMILES string of the molecule is CCS(=O)(=O)CCn1ncc(C#N)c1N. The van der Waals surface area contributed by atoms with Gasteiger partial charge in [0.25, 0.3) is 0 Å². The number of hydrogen-bond donors (Lipinski definition) is 1. The van der Waals surface area contributed by atoms with Crippen molar-refractivity contribution in [1.29, 1.82) is 5.26 Å². The Bertz CT molecular complexity index is 483. The summed E-state index contributed by atoms with van der Waals surface area (Å²) < 4.78 is 23.8. The molecule has 7 heteroatoms. The lowest BCUT2D eigenvalue weighted by molar-refractivity contribution is 0.583. The van der Waals surface area contributed by atoms with Gasteiger partial charge in [-0.1, -0.05) is 6.92 Å². The summed E-state index contributed by atoms with van der Waals surface area (Å²) in [4.78, 5) is 0. The van der Waals surface area contributed by atoms with Crippen molar-refractivity contribution in [3.05, 3.63) is 11.8 Å². The monoisotopic (exact) mass is 228 g/mol. The van der Waals surface area contributed by atoms with Crippen LogP contribution in [0.5, 0.6) is 0 Å². The second kappa shape index (κ2) is 4.31. The average molecular weight is 228 g/mol. The topological polar surface area (TPSA) is 102 Å². The van der Waals surface area contributed by atoms with Crippen LogP contribution in [0.3, 0.4) is 0 Å². The van der Waals surface area contributed by atoms with Crippen molar-refractivity contribution in [2.45, 2.75) is 13.5 Å². The fourth-order valence-electron chi connectivity index (χ4n) is 1.03. The third-order valence-corrected chi connectivity index (χ3v) is 3.74. The first kappa shape index (κ1) is 11.5. The molecule has 0 aromatic carbocycles. The number of nitriles is 1. The molecule has 0 fully saturated rings. The van der Waals surface area contributed by atoms with Crippen molar-refractivity contribution in [1.82, 2.24) is 9.78 Å². The van der Waals surface area contributed by atoms with Gasteiger partial charge in [-0.2, -0.15) is 10.4 Å². The molecule has 1 aromatic rings. The first-order valence-electron chi connectivity index (χ1n) is 4.42. The van der Waals surface area contributed by atoms with Crippen molar-refractivity contribution < 1.29 is 8.42 Å². The molecule has 0 saturated heterocycles. The minimum atomic E-state index is -3.03. The van der Waals surface area contributed by atoms with Gasteiger partial charge in [-0.05, 0) is 0 Å². The maximum atomic E-state index is 11.2. The van der Waals surface area contributed by atoms with Gasteiger partial charge in [0.05, 0.1) is 18.5 Å². The Morgan fingerprint density at radius 3 is 2.80 bits per heavy atom. The highest BCUT2D eigenvalue weighted by molar-refractivity contribution is 7.91. The summed E-state index contributed by atoms with van der Waals surface area (Å²) in [6, 6.07) is 1.87. The largest absolute Gasteiger partial charge is 0.383 e. The maximum absolute atomic E-state index is 11.2. The van der Waals surface area contributed by atoms with E-state index in [0.29, 0.717) is 0 Å². The first-order valence-corrected chi connectivity index (χ1v) is 6.24. The number of nitrogens with two attached hydrogens (primary N) is 1. The highest BCUT2D eigenvalue weighted by Gasteiger charge is 2.11. The van der Waals surface area contributed by atoms with E-state index in [1.165, 1.54) is 10.9 Å². The molecule has 0 unspecified atom stereocenters. The van der Waals surface area contributed by atoms with Crippen LogP contribution in [-0.4, -0.2) is 29.7 Å². The van der Waals surface area contributed by atoms with E-state index in [1.807, 2.05) is 6.07 Å². The number of rotatable bonds is 4. The Labute approximate surface area is 88.2 Å². The van der Waals surface area contributed by atoms with Crippen LogP contribution >= 0.6 is 0 Å². The quantitative estimate of drug-likeness (QED) is 0.767. The number of aryl methyl sites for hydroxylation is 1. The van der Waals surface area contributed by atoms with E-state index in [-0.39, 0.29) is 29.4 Å². The summed E-state index contributed by atoms with van der Waals surface area (Å²) in [5.74, 6) is 0.295. The molecule has 0 aliphatic rings. The minimum Gasteiger partial charge on any atom is -0.383 e. The number of sulfone groups is 1.